The van der Waals surface area contributed by atoms with Gasteiger partial charge in [0.1, 0.15) is 11.3 Å². The molecule has 0 fully saturated rings. The quantitative estimate of drug-likeness (QED) is 0.502. The maximum Gasteiger partial charge on any atom is 0.262 e. The van der Waals surface area contributed by atoms with Crippen LogP contribution in [-0.2, 0) is 4.79 Å². The van der Waals surface area contributed by atoms with E-state index in [-0.39, 0.29) is 6.54 Å². The van der Waals surface area contributed by atoms with E-state index in [4.69, 9.17) is 9.62 Å². The summed E-state index contributed by atoms with van der Waals surface area (Å²) in [5.41, 5.74) is 4.05. The molecule has 3 aromatic heterocycles. The van der Waals surface area contributed by atoms with Gasteiger partial charge in [0, 0.05) is 5.69 Å². The van der Waals surface area contributed by atoms with Crippen LogP contribution in [0, 0.1) is 6.92 Å². The molecule has 0 atom stereocenters. The Morgan fingerprint density at radius 3 is 2.95 bits per heavy atom. The van der Waals surface area contributed by atoms with Crippen LogP contribution in [0.3, 0.4) is 0 Å². The zero-order valence-corrected chi connectivity index (χ0v) is 11.3. The fourth-order valence-electron chi connectivity index (χ4n) is 2.22. The molecule has 0 saturated heterocycles. The third kappa shape index (κ3) is 2.34. The largest absolute Gasteiger partial charge is 0.463 e. The highest BCUT2D eigenvalue weighted by Crippen LogP contribution is 2.30. The van der Waals surface area contributed by atoms with Gasteiger partial charge in [0.15, 0.2) is 11.6 Å². The van der Waals surface area contributed by atoms with Crippen LogP contribution in [0.1, 0.15) is 5.69 Å². The van der Waals surface area contributed by atoms with Crippen LogP contribution in [-0.4, -0.2) is 27.0 Å². The van der Waals surface area contributed by atoms with E-state index in [0.717, 1.165) is 17.0 Å². The van der Waals surface area contributed by atoms with Crippen molar-refractivity contribution in [2.45, 2.75) is 6.92 Å². The van der Waals surface area contributed by atoms with E-state index < -0.39 is 5.91 Å². The van der Waals surface area contributed by atoms with E-state index in [1.165, 1.54) is 0 Å². The molecule has 3 aromatic rings. The molecule has 0 spiro atoms. The number of pyridine rings is 1. The molecule has 0 unspecified atom stereocenters. The Morgan fingerprint density at radius 1 is 1.38 bits per heavy atom. The summed E-state index contributed by atoms with van der Waals surface area (Å²) in [5.74, 6) is 0.612. The monoisotopic (exact) mass is 286 g/mol. The van der Waals surface area contributed by atoms with Crippen molar-refractivity contribution in [3.05, 3.63) is 42.3 Å². The van der Waals surface area contributed by atoms with Gasteiger partial charge in [-0.05, 0) is 31.2 Å². The maximum absolute atomic E-state index is 11.2. The number of fused-ring (bicyclic) bond motifs is 1. The minimum absolute atomic E-state index is 0.0901. The zero-order valence-electron chi connectivity index (χ0n) is 11.3. The molecule has 108 valence electrons. The van der Waals surface area contributed by atoms with Gasteiger partial charge in [-0.25, -0.2) is 10.5 Å². The fourth-order valence-corrected chi connectivity index (χ4v) is 2.22. The van der Waals surface area contributed by atoms with Crippen molar-refractivity contribution in [3.63, 3.8) is 0 Å². The summed E-state index contributed by atoms with van der Waals surface area (Å²) >= 11 is 0. The number of rotatable bonds is 4. The molecule has 7 nitrogen and oxygen atoms in total. The van der Waals surface area contributed by atoms with E-state index in [0.29, 0.717) is 11.6 Å². The number of imidazole rings is 1. The lowest BCUT2D eigenvalue weighted by Gasteiger charge is -2.06. The number of hydroxylamine groups is 1. The normalized spacial score (nSPS) is 10.8. The predicted octanol–water partition coefficient (Wildman–Crippen LogP) is 1.82. The number of furan rings is 1. The van der Waals surface area contributed by atoms with Crippen molar-refractivity contribution in [2.75, 3.05) is 11.9 Å². The molecule has 3 heterocycles. The first-order valence-corrected chi connectivity index (χ1v) is 6.39. The molecule has 0 radical (unpaired) electrons. The molecule has 0 aromatic carbocycles. The first kappa shape index (κ1) is 13.2. The van der Waals surface area contributed by atoms with Crippen LogP contribution in [0.2, 0.25) is 0 Å². The average Bonchev–Trinajstić information content (AvgIpc) is 3.11. The summed E-state index contributed by atoms with van der Waals surface area (Å²) in [6.07, 6.45) is 1.58. The van der Waals surface area contributed by atoms with Crippen molar-refractivity contribution in [1.82, 2.24) is 14.9 Å². The third-order valence-electron chi connectivity index (χ3n) is 3.13. The second-order valence-corrected chi connectivity index (χ2v) is 4.54. The molecule has 3 rings (SSSR count). The van der Waals surface area contributed by atoms with Gasteiger partial charge in [-0.15, -0.1) is 0 Å². The fraction of sp³-hybridized carbons (Fsp3) is 0.143. The minimum atomic E-state index is -0.547. The van der Waals surface area contributed by atoms with E-state index in [9.17, 15) is 4.79 Å². The van der Waals surface area contributed by atoms with E-state index >= 15 is 0 Å². The molecule has 0 aliphatic carbocycles. The molecule has 7 heteroatoms. The number of aryl methyl sites for hydroxylation is 1. The summed E-state index contributed by atoms with van der Waals surface area (Å²) in [5, 5.41) is 11.5. The Morgan fingerprint density at radius 2 is 2.24 bits per heavy atom. The molecule has 1 amide bonds. The number of carbonyl (C=O) groups excluding carboxylic acids is 1. The van der Waals surface area contributed by atoms with Crippen LogP contribution >= 0.6 is 0 Å². The minimum Gasteiger partial charge on any atom is -0.463 e. The maximum atomic E-state index is 11.2. The number of nitrogens with zero attached hydrogens (tertiary/aromatic N) is 2. The molecular formula is C14H14N4O3. The third-order valence-corrected chi connectivity index (χ3v) is 3.13. The Labute approximate surface area is 120 Å². The first-order chi connectivity index (χ1) is 10.2. The molecule has 0 aliphatic rings. The Hall–Kier alpha value is -2.80. The number of hydrogen-bond donors (Lipinski definition) is 3. The van der Waals surface area contributed by atoms with Crippen molar-refractivity contribution in [2.24, 2.45) is 0 Å². The Balaban J connectivity index is 2.13. The SMILES string of the molecule is Cc1cccc2nc(NCC(=O)NO)c(-c3ccco3)n12. The van der Waals surface area contributed by atoms with Gasteiger partial charge in [-0.1, -0.05) is 6.07 Å². The molecule has 3 N–H and O–H groups in total. The van der Waals surface area contributed by atoms with E-state index in [2.05, 4.69) is 10.3 Å². The van der Waals surface area contributed by atoms with Crippen LogP contribution in [0.15, 0.2) is 41.0 Å². The van der Waals surface area contributed by atoms with Gasteiger partial charge in [-0.3, -0.25) is 14.4 Å². The summed E-state index contributed by atoms with van der Waals surface area (Å²) in [4.78, 5) is 15.6. The standard InChI is InChI=1S/C14H14N4O3/c1-9-4-2-6-11-16-14(15-8-12(19)17-20)13(18(9)11)10-5-3-7-21-10/h2-7,15,20H,8H2,1H3,(H,17,19). The molecular weight excluding hydrogens is 272 g/mol. The Kier molecular flexibility index (Phi) is 3.33. The van der Waals surface area contributed by atoms with E-state index in [1.807, 2.05) is 35.6 Å². The van der Waals surface area contributed by atoms with Crippen molar-refractivity contribution in [3.8, 4) is 11.5 Å². The van der Waals surface area contributed by atoms with Gasteiger partial charge in [0.25, 0.3) is 5.91 Å². The number of carbonyl (C=O) groups is 1. The van der Waals surface area contributed by atoms with Crippen LogP contribution in [0.25, 0.3) is 17.1 Å². The van der Waals surface area contributed by atoms with E-state index in [1.54, 1.807) is 17.8 Å². The second kappa shape index (κ2) is 5.29. The topological polar surface area (TPSA) is 91.8 Å². The van der Waals surface area contributed by atoms with Gasteiger partial charge in [-0.2, -0.15) is 0 Å². The van der Waals surface area contributed by atoms with Crippen molar-refractivity contribution in [1.29, 1.82) is 0 Å². The van der Waals surface area contributed by atoms with Gasteiger partial charge in [0.05, 0.1) is 12.8 Å². The van der Waals surface area contributed by atoms with Gasteiger partial charge >= 0.3 is 0 Å². The van der Waals surface area contributed by atoms with Gasteiger partial charge in [0.2, 0.25) is 0 Å². The lowest BCUT2D eigenvalue weighted by molar-refractivity contribution is -0.127. The first-order valence-electron chi connectivity index (χ1n) is 6.39. The van der Waals surface area contributed by atoms with Crippen LogP contribution < -0.4 is 10.8 Å². The van der Waals surface area contributed by atoms with Crippen LogP contribution in [0.5, 0.6) is 0 Å². The highest BCUT2D eigenvalue weighted by atomic mass is 16.5. The summed E-state index contributed by atoms with van der Waals surface area (Å²) in [7, 11) is 0. The predicted molar refractivity (Wildman–Crippen MR) is 76.0 cm³/mol. The highest BCUT2D eigenvalue weighted by Gasteiger charge is 2.17. The summed E-state index contributed by atoms with van der Waals surface area (Å²) in [6.45, 7) is 1.87. The highest BCUT2D eigenvalue weighted by molar-refractivity contribution is 5.82. The summed E-state index contributed by atoms with van der Waals surface area (Å²) < 4.78 is 7.41. The van der Waals surface area contributed by atoms with Gasteiger partial charge < -0.3 is 9.73 Å². The molecule has 0 aliphatic heterocycles. The number of amides is 1. The molecule has 0 saturated carbocycles. The number of aromatic nitrogens is 2. The lowest BCUT2D eigenvalue weighted by atomic mass is 10.3. The molecule has 0 bridgehead atoms. The average molecular weight is 286 g/mol. The Bertz CT molecular complexity index is 777. The number of hydrogen-bond acceptors (Lipinski definition) is 5. The van der Waals surface area contributed by atoms with Crippen LogP contribution in [0.4, 0.5) is 5.82 Å². The number of anilines is 1. The number of nitrogens with one attached hydrogen (secondary N) is 2. The lowest BCUT2D eigenvalue weighted by Crippen LogP contribution is -2.26. The zero-order chi connectivity index (χ0) is 14.8. The summed E-state index contributed by atoms with van der Waals surface area (Å²) in [6, 6.07) is 9.36. The smallest absolute Gasteiger partial charge is 0.262 e. The van der Waals surface area contributed by atoms with Crippen molar-refractivity contribution >= 4 is 17.4 Å². The van der Waals surface area contributed by atoms with Crippen molar-refractivity contribution < 1.29 is 14.4 Å². The second-order valence-electron chi connectivity index (χ2n) is 4.54. The molecule has 21 heavy (non-hydrogen) atoms.